The molecule has 0 aliphatic heterocycles. The van der Waals surface area contributed by atoms with Gasteiger partial charge in [-0.2, -0.15) is 37.9 Å². The first-order valence-electron chi connectivity index (χ1n) is 8.73. The van der Waals surface area contributed by atoms with E-state index in [9.17, 15) is 14.4 Å². The first-order valence-corrected chi connectivity index (χ1v) is 10.6. The van der Waals surface area contributed by atoms with Gasteiger partial charge < -0.3 is 28.4 Å². The molecule has 1 rings (SSSR count). The summed E-state index contributed by atoms with van der Waals surface area (Å²) in [5.41, 5.74) is 0. The zero-order chi connectivity index (χ0) is 22.7. The van der Waals surface area contributed by atoms with E-state index in [0.717, 1.165) is 0 Å². The SMILES string of the molecule is CC(OC(=O)CS)Oc1ccc(OC(C)OC(=O)CS)c(OC(C)OC(=O)CS)c1. The molecule has 0 saturated heterocycles. The zero-order valence-corrected chi connectivity index (χ0v) is 19.3. The lowest BCUT2D eigenvalue weighted by atomic mass is 10.3. The molecule has 0 radical (unpaired) electrons. The summed E-state index contributed by atoms with van der Waals surface area (Å²) in [6.07, 6.45) is -2.81. The van der Waals surface area contributed by atoms with Crippen LogP contribution in [0.4, 0.5) is 0 Å². The predicted molar refractivity (Wildman–Crippen MR) is 117 cm³/mol. The fourth-order valence-corrected chi connectivity index (χ4v) is 2.26. The Kier molecular flexibility index (Phi) is 11.7. The van der Waals surface area contributed by atoms with Crippen LogP contribution in [0.2, 0.25) is 0 Å². The third kappa shape index (κ3) is 9.72. The van der Waals surface area contributed by atoms with Crippen LogP contribution in [0, 0.1) is 0 Å². The lowest BCUT2D eigenvalue weighted by Crippen LogP contribution is -2.24. The van der Waals surface area contributed by atoms with E-state index in [1.807, 2.05) is 0 Å². The van der Waals surface area contributed by atoms with Gasteiger partial charge in [0.05, 0.1) is 17.3 Å². The van der Waals surface area contributed by atoms with Gasteiger partial charge in [0.25, 0.3) is 0 Å². The average Bonchev–Trinajstić information content (AvgIpc) is 2.69. The van der Waals surface area contributed by atoms with Crippen LogP contribution in [0.3, 0.4) is 0 Å². The van der Waals surface area contributed by atoms with E-state index in [-0.39, 0.29) is 34.5 Å². The van der Waals surface area contributed by atoms with Gasteiger partial charge in [-0.15, -0.1) is 0 Å². The quantitative estimate of drug-likeness (QED) is 0.180. The highest BCUT2D eigenvalue weighted by Crippen LogP contribution is 2.34. The summed E-state index contributed by atoms with van der Waals surface area (Å²) in [7, 11) is 0. The highest BCUT2D eigenvalue weighted by Gasteiger charge is 2.18. The minimum atomic E-state index is -0.975. The molecule has 0 spiro atoms. The molecular formula is C18H24O9S3. The number of esters is 3. The van der Waals surface area contributed by atoms with Gasteiger partial charge in [-0.25, -0.2) is 0 Å². The molecule has 9 nitrogen and oxygen atoms in total. The Bertz CT molecular complexity index is 729. The monoisotopic (exact) mass is 480 g/mol. The molecule has 0 aliphatic carbocycles. The average molecular weight is 481 g/mol. The normalized spacial score (nSPS) is 13.4. The number of rotatable bonds is 12. The van der Waals surface area contributed by atoms with Gasteiger partial charge >= 0.3 is 17.9 Å². The molecule has 0 bridgehead atoms. The van der Waals surface area contributed by atoms with Gasteiger partial charge in [0.15, 0.2) is 11.5 Å². The van der Waals surface area contributed by atoms with Crippen molar-refractivity contribution in [2.45, 2.75) is 39.6 Å². The van der Waals surface area contributed by atoms with Crippen LogP contribution in [0.1, 0.15) is 20.8 Å². The van der Waals surface area contributed by atoms with E-state index in [2.05, 4.69) is 37.9 Å². The minimum Gasteiger partial charge on any atom is -0.455 e. The second-order valence-corrected chi connectivity index (χ2v) is 6.56. The van der Waals surface area contributed by atoms with Crippen molar-refractivity contribution >= 4 is 55.8 Å². The molecule has 0 amide bonds. The first-order chi connectivity index (χ1) is 14.2. The molecule has 1 aromatic rings. The number of carbonyl (C=O) groups is 3. The molecule has 0 aromatic heterocycles. The molecule has 3 unspecified atom stereocenters. The van der Waals surface area contributed by atoms with Crippen molar-refractivity contribution in [1.29, 1.82) is 0 Å². The van der Waals surface area contributed by atoms with E-state index < -0.39 is 36.8 Å². The van der Waals surface area contributed by atoms with E-state index in [0.29, 0.717) is 0 Å². The van der Waals surface area contributed by atoms with Crippen molar-refractivity contribution in [3.8, 4) is 17.2 Å². The summed E-state index contributed by atoms with van der Waals surface area (Å²) < 4.78 is 31.8. The fourth-order valence-electron chi connectivity index (χ4n) is 2.04. The number of thiol groups is 3. The van der Waals surface area contributed by atoms with E-state index in [4.69, 9.17) is 28.4 Å². The molecule has 0 heterocycles. The molecule has 0 N–H and O–H groups in total. The van der Waals surface area contributed by atoms with E-state index >= 15 is 0 Å². The van der Waals surface area contributed by atoms with Crippen LogP contribution in [0.5, 0.6) is 17.2 Å². The number of hydrogen-bond donors (Lipinski definition) is 3. The zero-order valence-electron chi connectivity index (χ0n) is 16.6. The van der Waals surface area contributed by atoms with Crippen molar-refractivity contribution in [2.75, 3.05) is 17.3 Å². The van der Waals surface area contributed by atoms with Gasteiger partial charge in [0.2, 0.25) is 18.9 Å². The Hall–Kier alpha value is -1.92. The molecule has 0 saturated carbocycles. The number of benzene rings is 1. The Morgan fingerprint density at radius 3 is 1.53 bits per heavy atom. The van der Waals surface area contributed by atoms with Gasteiger partial charge in [-0.1, -0.05) is 0 Å². The third-order valence-corrected chi connectivity index (χ3v) is 3.86. The van der Waals surface area contributed by atoms with Crippen molar-refractivity contribution in [3.63, 3.8) is 0 Å². The van der Waals surface area contributed by atoms with Crippen molar-refractivity contribution in [3.05, 3.63) is 18.2 Å². The molecule has 12 heteroatoms. The Balaban J connectivity index is 3.00. The summed E-state index contributed by atoms with van der Waals surface area (Å²) in [6.45, 7) is 4.54. The minimum absolute atomic E-state index is 0.0915. The molecule has 3 atom stereocenters. The number of ether oxygens (including phenoxy) is 6. The van der Waals surface area contributed by atoms with Crippen LogP contribution in [0.15, 0.2) is 18.2 Å². The smallest absolute Gasteiger partial charge is 0.318 e. The van der Waals surface area contributed by atoms with Gasteiger partial charge in [0, 0.05) is 26.8 Å². The van der Waals surface area contributed by atoms with Gasteiger partial charge in [0.1, 0.15) is 5.75 Å². The van der Waals surface area contributed by atoms with Crippen LogP contribution >= 0.6 is 37.9 Å². The van der Waals surface area contributed by atoms with Crippen LogP contribution < -0.4 is 14.2 Å². The summed E-state index contributed by atoms with van der Waals surface area (Å²) in [5.74, 6) is -1.41. The summed E-state index contributed by atoms with van der Waals surface area (Å²) in [4.78, 5) is 34.1. The van der Waals surface area contributed by atoms with E-state index in [1.54, 1.807) is 0 Å². The molecular weight excluding hydrogens is 456 g/mol. The van der Waals surface area contributed by atoms with Crippen LogP contribution in [-0.2, 0) is 28.6 Å². The summed E-state index contributed by atoms with van der Waals surface area (Å²) >= 11 is 11.5. The lowest BCUT2D eigenvalue weighted by molar-refractivity contribution is -0.161. The Labute approximate surface area is 190 Å². The van der Waals surface area contributed by atoms with Gasteiger partial charge in [-0.05, 0) is 12.1 Å². The predicted octanol–water partition coefficient (Wildman–Crippen LogP) is 2.28. The molecule has 30 heavy (non-hydrogen) atoms. The number of carbonyl (C=O) groups excluding carboxylic acids is 3. The Morgan fingerprint density at radius 1 is 0.700 bits per heavy atom. The summed E-state index contributed by atoms with van der Waals surface area (Å²) in [6, 6.07) is 4.47. The van der Waals surface area contributed by atoms with Crippen molar-refractivity contribution in [1.82, 2.24) is 0 Å². The van der Waals surface area contributed by atoms with Crippen LogP contribution in [0.25, 0.3) is 0 Å². The topological polar surface area (TPSA) is 107 Å². The maximum atomic E-state index is 11.4. The maximum Gasteiger partial charge on any atom is 0.318 e. The molecule has 168 valence electrons. The first kappa shape index (κ1) is 26.1. The molecule has 0 fully saturated rings. The van der Waals surface area contributed by atoms with Crippen molar-refractivity contribution < 1.29 is 42.8 Å². The third-order valence-electron chi connectivity index (χ3n) is 3.08. The van der Waals surface area contributed by atoms with Gasteiger partial charge in [-0.3, -0.25) is 14.4 Å². The molecule has 0 aliphatic rings. The summed E-state index contributed by atoms with van der Waals surface area (Å²) in [5, 5.41) is 0. The molecule has 1 aromatic carbocycles. The largest absolute Gasteiger partial charge is 0.455 e. The fraction of sp³-hybridized carbons (Fsp3) is 0.500. The highest BCUT2D eigenvalue weighted by molar-refractivity contribution is 7.81. The van der Waals surface area contributed by atoms with E-state index in [1.165, 1.54) is 39.0 Å². The number of hydrogen-bond acceptors (Lipinski definition) is 12. The lowest BCUT2D eigenvalue weighted by Gasteiger charge is -2.21. The second kappa shape index (κ2) is 13.4. The highest BCUT2D eigenvalue weighted by atomic mass is 32.1. The van der Waals surface area contributed by atoms with Crippen molar-refractivity contribution in [2.24, 2.45) is 0 Å². The standard InChI is InChI=1S/C18H24O9S3/c1-10(25-16(19)7-28)22-13-4-5-14(23-11(2)26-17(20)8-29)15(6-13)24-12(3)27-18(21)9-30/h4-6,10-12,28-30H,7-9H2,1-3H3. The van der Waals surface area contributed by atoms with Crippen LogP contribution in [-0.4, -0.2) is 54.0 Å². The maximum absolute atomic E-state index is 11.4. The second-order valence-electron chi connectivity index (χ2n) is 5.61. The Morgan fingerprint density at radius 2 is 1.10 bits per heavy atom.